The Morgan fingerprint density at radius 3 is 2.58 bits per heavy atom. The van der Waals surface area contributed by atoms with Gasteiger partial charge in [0.1, 0.15) is 5.75 Å². The first-order valence-electron chi connectivity index (χ1n) is 5.94. The molecule has 0 aliphatic heterocycles. The maximum Gasteiger partial charge on any atom is 0.341 e. The molecular formula is C13H17NO5. The molecule has 0 aliphatic carbocycles. The molecule has 6 heteroatoms. The lowest BCUT2D eigenvalue weighted by atomic mass is 10.2. The van der Waals surface area contributed by atoms with Gasteiger partial charge in [-0.15, -0.1) is 0 Å². The average molecular weight is 267 g/mol. The third kappa shape index (κ3) is 6.42. The van der Waals surface area contributed by atoms with Crippen LogP contribution < -0.4 is 10.1 Å². The molecule has 0 heterocycles. The Bertz CT molecular complexity index is 433. The van der Waals surface area contributed by atoms with Gasteiger partial charge in [-0.1, -0.05) is 18.2 Å². The van der Waals surface area contributed by atoms with E-state index in [1.807, 2.05) is 12.1 Å². The minimum atomic E-state index is -1.02. The van der Waals surface area contributed by atoms with Gasteiger partial charge in [0, 0.05) is 18.5 Å². The van der Waals surface area contributed by atoms with E-state index in [0.717, 1.165) is 5.56 Å². The van der Waals surface area contributed by atoms with Crippen LogP contribution in [0.1, 0.15) is 18.4 Å². The Balaban J connectivity index is 2.39. The molecule has 3 N–H and O–H groups in total. The second kappa shape index (κ2) is 8.10. The van der Waals surface area contributed by atoms with Gasteiger partial charge in [-0.05, 0) is 19.0 Å². The molecule has 0 unspecified atom stereocenters. The van der Waals surface area contributed by atoms with Crippen LogP contribution >= 0.6 is 0 Å². The molecule has 1 aromatic carbocycles. The Morgan fingerprint density at radius 2 is 1.89 bits per heavy atom. The Labute approximate surface area is 111 Å². The van der Waals surface area contributed by atoms with Crippen LogP contribution in [-0.4, -0.2) is 35.3 Å². The number of hydrogen-bond acceptors (Lipinski definition) is 4. The summed E-state index contributed by atoms with van der Waals surface area (Å²) in [5, 5.41) is 20.2. The molecule has 0 aromatic heterocycles. The Morgan fingerprint density at radius 1 is 1.16 bits per heavy atom. The number of aliphatic carboxylic acids is 2. The van der Waals surface area contributed by atoms with Crippen LogP contribution in [0.4, 0.5) is 0 Å². The van der Waals surface area contributed by atoms with Crippen LogP contribution in [0, 0.1) is 0 Å². The summed E-state index contributed by atoms with van der Waals surface area (Å²) >= 11 is 0. The first-order valence-corrected chi connectivity index (χ1v) is 5.94. The molecular weight excluding hydrogens is 250 g/mol. The van der Waals surface area contributed by atoms with E-state index in [9.17, 15) is 9.59 Å². The van der Waals surface area contributed by atoms with Crippen LogP contribution in [0.5, 0.6) is 5.75 Å². The van der Waals surface area contributed by atoms with E-state index >= 15 is 0 Å². The van der Waals surface area contributed by atoms with Crippen molar-refractivity contribution in [3.63, 3.8) is 0 Å². The molecule has 104 valence electrons. The monoisotopic (exact) mass is 267 g/mol. The normalized spacial score (nSPS) is 10.1. The number of carboxylic acids is 2. The fraction of sp³-hybridized carbons (Fsp3) is 0.385. The van der Waals surface area contributed by atoms with E-state index in [1.54, 1.807) is 12.1 Å². The van der Waals surface area contributed by atoms with Crippen molar-refractivity contribution in [1.82, 2.24) is 5.32 Å². The molecule has 19 heavy (non-hydrogen) atoms. The van der Waals surface area contributed by atoms with E-state index in [4.69, 9.17) is 14.9 Å². The summed E-state index contributed by atoms with van der Waals surface area (Å²) in [6, 6.07) is 7.14. The zero-order valence-electron chi connectivity index (χ0n) is 10.5. The van der Waals surface area contributed by atoms with E-state index in [0.29, 0.717) is 25.3 Å². The highest BCUT2D eigenvalue weighted by Gasteiger charge is 2.05. The molecule has 0 bridgehead atoms. The first kappa shape index (κ1) is 15.0. The molecule has 0 fully saturated rings. The van der Waals surface area contributed by atoms with Crippen LogP contribution in [0.15, 0.2) is 24.3 Å². The van der Waals surface area contributed by atoms with Crippen molar-refractivity contribution in [2.45, 2.75) is 19.4 Å². The topological polar surface area (TPSA) is 95.9 Å². The van der Waals surface area contributed by atoms with Gasteiger partial charge in [-0.3, -0.25) is 4.79 Å². The molecule has 1 aromatic rings. The predicted molar refractivity (Wildman–Crippen MR) is 68.1 cm³/mol. The van der Waals surface area contributed by atoms with Crippen molar-refractivity contribution in [1.29, 1.82) is 0 Å². The standard InChI is InChI=1S/C13H17NO5/c15-12(16)6-3-7-14-8-10-4-1-2-5-11(10)19-9-13(17)18/h1-2,4-5,14H,3,6-9H2,(H,15,16)(H,17,18). The van der Waals surface area contributed by atoms with Crippen molar-refractivity contribution >= 4 is 11.9 Å². The van der Waals surface area contributed by atoms with Crippen molar-refractivity contribution < 1.29 is 24.5 Å². The highest BCUT2D eigenvalue weighted by Crippen LogP contribution is 2.17. The third-order valence-corrected chi connectivity index (χ3v) is 2.38. The zero-order chi connectivity index (χ0) is 14.1. The predicted octanol–water partition coefficient (Wildman–Crippen LogP) is 1.10. The molecule has 0 atom stereocenters. The lowest BCUT2D eigenvalue weighted by Gasteiger charge is -2.10. The lowest BCUT2D eigenvalue weighted by molar-refractivity contribution is -0.139. The molecule has 0 amide bonds. The zero-order valence-corrected chi connectivity index (χ0v) is 10.5. The summed E-state index contributed by atoms with van der Waals surface area (Å²) < 4.78 is 5.16. The molecule has 0 saturated heterocycles. The maximum absolute atomic E-state index is 10.5. The molecule has 0 saturated carbocycles. The number of ether oxygens (including phenoxy) is 1. The van der Waals surface area contributed by atoms with Crippen LogP contribution in [0.2, 0.25) is 0 Å². The first-order chi connectivity index (χ1) is 9.09. The second-order valence-electron chi connectivity index (χ2n) is 3.96. The van der Waals surface area contributed by atoms with Gasteiger partial charge < -0.3 is 20.3 Å². The number of carboxylic acid groups (broad SMARTS) is 2. The number of nitrogens with one attached hydrogen (secondary N) is 1. The van der Waals surface area contributed by atoms with E-state index in [-0.39, 0.29) is 13.0 Å². The van der Waals surface area contributed by atoms with E-state index in [1.165, 1.54) is 0 Å². The van der Waals surface area contributed by atoms with Gasteiger partial charge in [0.2, 0.25) is 0 Å². The average Bonchev–Trinajstić information content (AvgIpc) is 2.36. The van der Waals surface area contributed by atoms with Crippen molar-refractivity contribution in [2.75, 3.05) is 13.2 Å². The second-order valence-corrected chi connectivity index (χ2v) is 3.96. The summed E-state index contributed by atoms with van der Waals surface area (Å²) in [7, 11) is 0. The van der Waals surface area contributed by atoms with Gasteiger partial charge >= 0.3 is 11.9 Å². The van der Waals surface area contributed by atoms with Gasteiger partial charge in [0.15, 0.2) is 6.61 Å². The summed E-state index contributed by atoms with van der Waals surface area (Å²) in [4.78, 5) is 20.8. The molecule has 0 radical (unpaired) electrons. The maximum atomic E-state index is 10.5. The summed E-state index contributed by atoms with van der Waals surface area (Å²) in [5.74, 6) is -1.31. The number of carbonyl (C=O) groups is 2. The summed E-state index contributed by atoms with van der Waals surface area (Å²) in [5.41, 5.74) is 0.846. The number of para-hydroxylation sites is 1. The highest BCUT2D eigenvalue weighted by molar-refractivity contribution is 5.68. The van der Waals surface area contributed by atoms with Crippen LogP contribution in [-0.2, 0) is 16.1 Å². The van der Waals surface area contributed by atoms with E-state index in [2.05, 4.69) is 5.32 Å². The smallest absolute Gasteiger partial charge is 0.341 e. The van der Waals surface area contributed by atoms with Crippen molar-refractivity contribution in [3.05, 3.63) is 29.8 Å². The Kier molecular flexibility index (Phi) is 6.38. The van der Waals surface area contributed by atoms with Crippen LogP contribution in [0.25, 0.3) is 0 Å². The third-order valence-electron chi connectivity index (χ3n) is 2.38. The van der Waals surface area contributed by atoms with Gasteiger partial charge in [-0.2, -0.15) is 0 Å². The quantitative estimate of drug-likeness (QED) is 0.580. The van der Waals surface area contributed by atoms with Gasteiger partial charge in [0.05, 0.1) is 0 Å². The molecule has 0 aliphatic rings. The SMILES string of the molecule is O=C(O)CCCNCc1ccccc1OCC(=O)O. The van der Waals surface area contributed by atoms with Crippen LogP contribution in [0.3, 0.4) is 0 Å². The van der Waals surface area contributed by atoms with Crippen molar-refractivity contribution in [3.8, 4) is 5.75 Å². The largest absolute Gasteiger partial charge is 0.482 e. The van der Waals surface area contributed by atoms with Gasteiger partial charge in [0.25, 0.3) is 0 Å². The number of rotatable bonds is 9. The van der Waals surface area contributed by atoms with Crippen molar-refractivity contribution in [2.24, 2.45) is 0 Å². The lowest BCUT2D eigenvalue weighted by Crippen LogP contribution is -2.17. The van der Waals surface area contributed by atoms with E-state index < -0.39 is 11.9 Å². The Hall–Kier alpha value is -2.08. The molecule has 1 rings (SSSR count). The highest BCUT2D eigenvalue weighted by atomic mass is 16.5. The fourth-order valence-electron chi connectivity index (χ4n) is 1.52. The number of hydrogen-bond donors (Lipinski definition) is 3. The summed E-state index contributed by atoms with van der Waals surface area (Å²) in [6.07, 6.45) is 0.678. The minimum absolute atomic E-state index is 0.129. The fourth-order valence-corrected chi connectivity index (χ4v) is 1.52. The minimum Gasteiger partial charge on any atom is -0.482 e. The molecule has 6 nitrogen and oxygen atoms in total. The van der Waals surface area contributed by atoms with Gasteiger partial charge in [-0.25, -0.2) is 4.79 Å². The summed E-state index contributed by atoms with van der Waals surface area (Å²) in [6.45, 7) is 0.713. The number of benzene rings is 1. The molecule has 0 spiro atoms.